The second kappa shape index (κ2) is 9.13. The average molecular weight is 483 g/mol. The summed E-state index contributed by atoms with van der Waals surface area (Å²) in [5.74, 6) is -2.19. The van der Waals surface area contributed by atoms with Gasteiger partial charge in [0.2, 0.25) is 0 Å². The van der Waals surface area contributed by atoms with E-state index in [-0.39, 0.29) is 17.6 Å². The molecule has 0 bridgehead atoms. The SMILES string of the molecule is Cc1nc2c(s1)CCCC2NC(=O)C(=O)c1c(C)c(C(=O)Nc2ccc(F)c(C)c2)c(C)n1C. The van der Waals surface area contributed by atoms with Crippen molar-refractivity contribution < 1.29 is 18.8 Å². The van der Waals surface area contributed by atoms with Gasteiger partial charge in [0.25, 0.3) is 17.6 Å². The molecule has 0 radical (unpaired) electrons. The molecule has 3 aromatic rings. The molecular weight excluding hydrogens is 455 g/mol. The van der Waals surface area contributed by atoms with E-state index < -0.39 is 17.6 Å². The first-order valence-electron chi connectivity index (χ1n) is 11.1. The van der Waals surface area contributed by atoms with Crippen LogP contribution in [0, 0.1) is 33.5 Å². The number of Topliss-reactive ketones (excluding diaryl/α,β-unsaturated/α-hetero) is 1. The van der Waals surface area contributed by atoms with Crippen LogP contribution in [0.4, 0.5) is 10.1 Å². The molecule has 9 heteroatoms. The van der Waals surface area contributed by atoms with Crippen LogP contribution in [0.15, 0.2) is 18.2 Å². The van der Waals surface area contributed by atoms with Crippen LogP contribution < -0.4 is 10.6 Å². The number of carbonyl (C=O) groups is 3. The average Bonchev–Trinajstić information content (AvgIpc) is 3.27. The van der Waals surface area contributed by atoms with Crippen molar-refractivity contribution in [2.75, 3.05) is 5.32 Å². The highest BCUT2D eigenvalue weighted by Crippen LogP contribution is 2.33. The third-order valence-corrected chi connectivity index (χ3v) is 7.41. The molecule has 0 aliphatic heterocycles. The molecule has 2 N–H and O–H groups in total. The molecule has 0 spiro atoms. The zero-order valence-corrected chi connectivity index (χ0v) is 20.7. The lowest BCUT2D eigenvalue weighted by molar-refractivity contribution is -0.117. The molecule has 0 fully saturated rings. The maximum Gasteiger partial charge on any atom is 0.294 e. The van der Waals surface area contributed by atoms with Gasteiger partial charge in [0.05, 0.1) is 28.0 Å². The first kappa shape index (κ1) is 23.8. The van der Waals surface area contributed by atoms with Gasteiger partial charge in [0.15, 0.2) is 0 Å². The summed E-state index contributed by atoms with van der Waals surface area (Å²) in [5.41, 5.74) is 3.17. The number of ketones is 1. The zero-order valence-electron chi connectivity index (χ0n) is 19.8. The van der Waals surface area contributed by atoms with Gasteiger partial charge in [-0.25, -0.2) is 9.37 Å². The number of anilines is 1. The number of carbonyl (C=O) groups excluding carboxylic acids is 3. The maximum absolute atomic E-state index is 13.6. The third kappa shape index (κ3) is 4.27. The molecule has 178 valence electrons. The predicted octanol–water partition coefficient (Wildman–Crippen LogP) is 4.48. The second-order valence-electron chi connectivity index (χ2n) is 8.70. The van der Waals surface area contributed by atoms with Crippen molar-refractivity contribution in [3.05, 3.63) is 67.7 Å². The van der Waals surface area contributed by atoms with E-state index in [4.69, 9.17) is 0 Å². The maximum atomic E-state index is 13.6. The highest BCUT2D eigenvalue weighted by atomic mass is 32.1. The van der Waals surface area contributed by atoms with Crippen molar-refractivity contribution in [2.45, 2.75) is 53.0 Å². The van der Waals surface area contributed by atoms with Crippen molar-refractivity contribution in [1.82, 2.24) is 14.9 Å². The Morgan fingerprint density at radius 1 is 1.18 bits per heavy atom. The van der Waals surface area contributed by atoms with Crippen molar-refractivity contribution in [3.63, 3.8) is 0 Å². The van der Waals surface area contributed by atoms with Gasteiger partial charge < -0.3 is 15.2 Å². The van der Waals surface area contributed by atoms with Crippen molar-refractivity contribution >= 4 is 34.6 Å². The minimum atomic E-state index is -0.715. The van der Waals surface area contributed by atoms with E-state index in [0.29, 0.717) is 28.1 Å². The molecule has 2 heterocycles. The Morgan fingerprint density at radius 2 is 1.91 bits per heavy atom. The number of aromatic nitrogens is 2. The minimum Gasteiger partial charge on any atom is -0.344 e. The van der Waals surface area contributed by atoms with E-state index in [1.807, 2.05) is 6.92 Å². The van der Waals surface area contributed by atoms with E-state index in [1.54, 1.807) is 49.8 Å². The number of amides is 2. The Balaban J connectivity index is 1.57. The van der Waals surface area contributed by atoms with E-state index in [2.05, 4.69) is 15.6 Å². The van der Waals surface area contributed by atoms with E-state index in [9.17, 15) is 18.8 Å². The van der Waals surface area contributed by atoms with Crippen LogP contribution in [-0.4, -0.2) is 27.1 Å². The van der Waals surface area contributed by atoms with Crippen LogP contribution in [0.5, 0.6) is 0 Å². The molecule has 0 saturated heterocycles. The molecule has 4 rings (SSSR count). The number of nitrogens with one attached hydrogen (secondary N) is 2. The fraction of sp³-hybridized carbons (Fsp3) is 0.360. The fourth-order valence-electron chi connectivity index (χ4n) is 4.56. The number of hydrogen-bond donors (Lipinski definition) is 2. The normalized spacial score (nSPS) is 15.1. The lowest BCUT2D eigenvalue weighted by Gasteiger charge is -2.22. The highest BCUT2D eigenvalue weighted by molar-refractivity contribution is 7.11. The van der Waals surface area contributed by atoms with Gasteiger partial charge in [-0.3, -0.25) is 14.4 Å². The van der Waals surface area contributed by atoms with Gasteiger partial charge in [-0.2, -0.15) is 0 Å². The summed E-state index contributed by atoms with van der Waals surface area (Å²) in [7, 11) is 1.66. The number of hydrogen-bond acceptors (Lipinski definition) is 5. The molecule has 2 aromatic heterocycles. The lowest BCUT2D eigenvalue weighted by atomic mass is 9.97. The molecule has 1 aliphatic carbocycles. The summed E-state index contributed by atoms with van der Waals surface area (Å²) < 4.78 is 15.1. The number of halogens is 1. The summed E-state index contributed by atoms with van der Waals surface area (Å²) in [6.45, 7) is 6.92. The predicted molar refractivity (Wildman–Crippen MR) is 129 cm³/mol. The van der Waals surface area contributed by atoms with Crippen LogP contribution in [0.3, 0.4) is 0 Å². The molecule has 0 saturated carbocycles. The summed E-state index contributed by atoms with van der Waals surface area (Å²) in [4.78, 5) is 44.9. The third-order valence-electron chi connectivity index (χ3n) is 6.36. The van der Waals surface area contributed by atoms with Gasteiger partial charge in [-0.1, -0.05) is 0 Å². The Labute approximate surface area is 201 Å². The number of rotatable bonds is 5. The zero-order chi connectivity index (χ0) is 24.7. The van der Waals surface area contributed by atoms with Gasteiger partial charge in [-0.05, 0) is 76.3 Å². The number of thiazole rings is 1. The van der Waals surface area contributed by atoms with E-state index in [0.717, 1.165) is 34.8 Å². The van der Waals surface area contributed by atoms with E-state index >= 15 is 0 Å². The van der Waals surface area contributed by atoms with Crippen LogP contribution in [0.25, 0.3) is 0 Å². The summed E-state index contributed by atoms with van der Waals surface area (Å²) >= 11 is 1.62. The van der Waals surface area contributed by atoms with Crippen LogP contribution in [-0.2, 0) is 18.3 Å². The molecule has 1 aromatic carbocycles. The second-order valence-corrected chi connectivity index (χ2v) is 9.99. The van der Waals surface area contributed by atoms with Gasteiger partial charge in [0, 0.05) is 23.3 Å². The van der Waals surface area contributed by atoms with E-state index in [1.165, 1.54) is 12.1 Å². The number of aryl methyl sites for hydroxylation is 3. The number of benzene rings is 1. The number of nitrogens with zero attached hydrogens (tertiary/aromatic N) is 2. The molecule has 1 atom stereocenters. The Kier molecular flexibility index (Phi) is 6.40. The first-order valence-corrected chi connectivity index (χ1v) is 11.9. The highest BCUT2D eigenvalue weighted by Gasteiger charge is 2.32. The Hall–Kier alpha value is -3.33. The molecule has 1 unspecified atom stereocenters. The van der Waals surface area contributed by atoms with Crippen LogP contribution in [0.1, 0.15) is 72.1 Å². The van der Waals surface area contributed by atoms with Crippen LogP contribution >= 0.6 is 11.3 Å². The smallest absolute Gasteiger partial charge is 0.294 e. The van der Waals surface area contributed by atoms with Gasteiger partial charge in [0.1, 0.15) is 5.82 Å². The standard InChI is InChI=1S/C25H27FN4O3S/c1-12-11-16(9-10-17(12)26)28-24(32)20-13(2)22(30(5)14(20)3)23(31)25(33)29-18-7-6-8-19-21(18)27-15(4)34-19/h9-11,18H,6-8H2,1-5H3,(H,28,32)(H,29,33). The topological polar surface area (TPSA) is 93.1 Å². The lowest BCUT2D eigenvalue weighted by Crippen LogP contribution is -2.37. The molecule has 2 amide bonds. The monoisotopic (exact) mass is 482 g/mol. The Bertz CT molecular complexity index is 1320. The molecule has 34 heavy (non-hydrogen) atoms. The Morgan fingerprint density at radius 3 is 2.62 bits per heavy atom. The molecule has 7 nitrogen and oxygen atoms in total. The molecule has 1 aliphatic rings. The van der Waals surface area contributed by atoms with Crippen molar-refractivity contribution in [2.24, 2.45) is 7.05 Å². The molecular formula is C25H27FN4O3S. The first-order chi connectivity index (χ1) is 16.1. The van der Waals surface area contributed by atoms with Crippen LogP contribution in [0.2, 0.25) is 0 Å². The summed E-state index contributed by atoms with van der Waals surface area (Å²) in [6.07, 6.45) is 2.58. The largest absolute Gasteiger partial charge is 0.344 e. The summed E-state index contributed by atoms with van der Waals surface area (Å²) in [6, 6.07) is 4.01. The quantitative estimate of drug-likeness (QED) is 0.414. The number of fused-ring (bicyclic) bond motifs is 1. The van der Waals surface area contributed by atoms with Gasteiger partial charge >= 0.3 is 0 Å². The summed E-state index contributed by atoms with van der Waals surface area (Å²) in [5, 5.41) is 6.56. The van der Waals surface area contributed by atoms with Crippen molar-refractivity contribution in [3.8, 4) is 0 Å². The minimum absolute atomic E-state index is 0.168. The fourth-order valence-corrected chi connectivity index (χ4v) is 5.60. The van der Waals surface area contributed by atoms with Crippen molar-refractivity contribution in [1.29, 1.82) is 0 Å². The van der Waals surface area contributed by atoms with Gasteiger partial charge in [-0.15, -0.1) is 11.3 Å².